The molecule has 17 heavy (non-hydrogen) atoms. The summed E-state index contributed by atoms with van der Waals surface area (Å²) < 4.78 is 5.58. The third-order valence-corrected chi connectivity index (χ3v) is 3.00. The minimum absolute atomic E-state index is 0.0522. The van der Waals surface area contributed by atoms with Crippen molar-refractivity contribution in [2.24, 2.45) is 11.3 Å². The van der Waals surface area contributed by atoms with E-state index in [2.05, 4.69) is 6.58 Å². The van der Waals surface area contributed by atoms with Crippen LogP contribution in [0.2, 0.25) is 0 Å². The molecule has 1 unspecified atom stereocenters. The maximum Gasteiger partial charge on any atom is 0.309 e. The first-order valence-corrected chi connectivity index (χ1v) is 6.23. The van der Waals surface area contributed by atoms with Crippen LogP contribution in [0.5, 0.6) is 0 Å². The van der Waals surface area contributed by atoms with Crippen LogP contribution in [0.3, 0.4) is 0 Å². The Balaban J connectivity index is 4.91. The van der Waals surface area contributed by atoms with Crippen molar-refractivity contribution < 1.29 is 9.53 Å². The van der Waals surface area contributed by atoms with Gasteiger partial charge in [-0.05, 0) is 26.3 Å². The van der Waals surface area contributed by atoms with Crippen molar-refractivity contribution in [3.63, 3.8) is 0 Å². The van der Waals surface area contributed by atoms with Gasteiger partial charge in [-0.25, -0.2) is 0 Å². The lowest BCUT2D eigenvalue weighted by molar-refractivity contribution is -0.154. The first-order chi connectivity index (χ1) is 7.74. The van der Waals surface area contributed by atoms with Crippen LogP contribution >= 0.6 is 0 Å². The van der Waals surface area contributed by atoms with E-state index in [0.717, 1.165) is 12.0 Å². The zero-order valence-corrected chi connectivity index (χ0v) is 12.0. The van der Waals surface area contributed by atoms with Gasteiger partial charge in [0.25, 0.3) is 0 Å². The lowest BCUT2D eigenvalue weighted by Crippen LogP contribution is -2.32. The van der Waals surface area contributed by atoms with Crippen molar-refractivity contribution in [2.45, 2.75) is 54.1 Å². The highest BCUT2D eigenvalue weighted by atomic mass is 16.5. The van der Waals surface area contributed by atoms with Crippen LogP contribution in [0.1, 0.15) is 48.0 Å². The Bertz CT molecular complexity index is 296. The molecule has 2 atom stereocenters. The van der Waals surface area contributed by atoms with Gasteiger partial charge < -0.3 is 4.74 Å². The van der Waals surface area contributed by atoms with E-state index in [1.54, 1.807) is 0 Å². The Morgan fingerprint density at radius 1 is 1.41 bits per heavy atom. The van der Waals surface area contributed by atoms with Crippen molar-refractivity contribution >= 4 is 5.97 Å². The third-order valence-electron chi connectivity index (χ3n) is 3.00. The van der Waals surface area contributed by atoms with Gasteiger partial charge in [0.15, 0.2) is 0 Å². The Labute approximate surface area is 106 Å². The number of carbonyl (C=O) groups is 1. The zero-order valence-electron chi connectivity index (χ0n) is 12.0. The molecule has 0 aromatic heterocycles. The maximum absolute atomic E-state index is 11.8. The van der Waals surface area contributed by atoms with E-state index in [1.807, 2.05) is 53.7 Å². The van der Waals surface area contributed by atoms with E-state index < -0.39 is 0 Å². The van der Waals surface area contributed by atoms with E-state index in [9.17, 15) is 4.79 Å². The number of rotatable bonds is 6. The molecule has 0 aliphatic rings. The van der Waals surface area contributed by atoms with Crippen LogP contribution in [0.25, 0.3) is 0 Å². The Morgan fingerprint density at radius 3 is 2.29 bits per heavy atom. The second kappa shape index (κ2) is 6.63. The van der Waals surface area contributed by atoms with E-state index in [-0.39, 0.29) is 23.4 Å². The normalized spacial score (nSPS) is 14.7. The molecule has 2 nitrogen and oxygen atoms in total. The van der Waals surface area contributed by atoms with E-state index in [1.165, 1.54) is 0 Å². The highest BCUT2D eigenvalue weighted by Gasteiger charge is 2.29. The summed E-state index contributed by atoms with van der Waals surface area (Å²) in [5.74, 6) is -0.186. The first-order valence-electron chi connectivity index (χ1n) is 6.23. The fourth-order valence-electron chi connectivity index (χ4n) is 1.23. The molecule has 0 aliphatic carbocycles. The molecule has 0 saturated carbocycles. The number of esters is 1. The number of ether oxygens (including phenoxy) is 1. The van der Waals surface area contributed by atoms with Crippen LogP contribution in [-0.4, -0.2) is 12.1 Å². The topological polar surface area (TPSA) is 26.3 Å². The van der Waals surface area contributed by atoms with Crippen LogP contribution in [0, 0.1) is 11.3 Å². The molecule has 98 valence electrons. The van der Waals surface area contributed by atoms with Gasteiger partial charge in [0.2, 0.25) is 0 Å². The largest absolute Gasteiger partial charge is 0.457 e. The van der Waals surface area contributed by atoms with Crippen molar-refractivity contribution in [1.82, 2.24) is 0 Å². The van der Waals surface area contributed by atoms with Gasteiger partial charge in [0, 0.05) is 5.41 Å². The average Bonchev–Trinajstić information content (AvgIpc) is 2.26. The van der Waals surface area contributed by atoms with Crippen molar-refractivity contribution in [3.05, 3.63) is 24.3 Å². The minimum Gasteiger partial charge on any atom is -0.457 e. The molecule has 0 bridgehead atoms. The fourth-order valence-corrected chi connectivity index (χ4v) is 1.23. The van der Waals surface area contributed by atoms with Crippen molar-refractivity contribution in [3.8, 4) is 0 Å². The van der Waals surface area contributed by atoms with Crippen LogP contribution < -0.4 is 0 Å². The van der Waals surface area contributed by atoms with Gasteiger partial charge in [-0.15, -0.1) is 6.58 Å². The van der Waals surface area contributed by atoms with E-state index in [4.69, 9.17) is 4.74 Å². The Kier molecular flexibility index (Phi) is 6.22. The molecule has 0 aromatic rings. The highest BCUT2D eigenvalue weighted by Crippen LogP contribution is 2.27. The van der Waals surface area contributed by atoms with Gasteiger partial charge in [0.1, 0.15) is 6.10 Å². The van der Waals surface area contributed by atoms with Gasteiger partial charge in [-0.1, -0.05) is 39.3 Å². The summed E-state index contributed by atoms with van der Waals surface area (Å²) in [6, 6.07) is 0. The summed E-state index contributed by atoms with van der Waals surface area (Å²) in [6.45, 7) is 15.7. The highest BCUT2D eigenvalue weighted by molar-refractivity contribution is 5.72. The molecule has 2 heteroatoms. The predicted octanol–water partition coefficient (Wildman–Crippen LogP) is 4.12. The summed E-state index contributed by atoms with van der Waals surface area (Å²) in [4.78, 5) is 11.8. The standard InChI is InChI=1S/C15H26O2/c1-8-12(5)14(16)17-13(10-11(3)4)15(6,7)9-2/h9-10,12-13H,2,8H2,1,3-7H3/t12?,13-/m0/s1. The quantitative estimate of drug-likeness (QED) is 0.514. The van der Waals surface area contributed by atoms with E-state index >= 15 is 0 Å². The fraction of sp³-hybridized carbons (Fsp3) is 0.667. The minimum atomic E-state index is -0.250. The number of hydrogen-bond acceptors (Lipinski definition) is 2. The first kappa shape index (κ1) is 16.0. The second-order valence-electron chi connectivity index (χ2n) is 5.44. The van der Waals surface area contributed by atoms with Gasteiger partial charge in [0.05, 0.1) is 5.92 Å². The summed E-state index contributed by atoms with van der Waals surface area (Å²) in [5, 5.41) is 0. The number of hydrogen-bond donors (Lipinski definition) is 0. The van der Waals surface area contributed by atoms with Crippen LogP contribution in [-0.2, 0) is 9.53 Å². The smallest absolute Gasteiger partial charge is 0.309 e. The molecule has 0 N–H and O–H groups in total. The molecule has 0 rings (SSSR count). The van der Waals surface area contributed by atoms with Crippen molar-refractivity contribution in [2.75, 3.05) is 0 Å². The number of allylic oxidation sites excluding steroid dienone is 1. The predicted molar refractivity (Wildman–Crippen MR) is 72.7 cm³/mol. The Morgan fingerprint density at radius 2 is 1.94 bits per heavy atom. The molecule has 0 saturated heterocycles. The molecule has 0 aromatic carbocycles. The molecule has 0 heterocycles. The summed E-state index contributed by atoms with van der Waals surface area (Å²) >= 11 is 0. The molecule has 0 radical (unpaired) electrons. The lowest BCUT2D eigenvalue weighted by Gasteiger charge is -2.30. The van der Waals surface area contributed by atoms with Crippen molar-refractivity contribution in [1.29, 1.82) is 0 Å². The summed E-state index contributed by atoms with van der Waals surface area (Å²) in [6.07, 6.45) is 4.38. The van der Waals surface area contributed by atoms with Crippen LogP contribution in [0.4, 0.5) is 0 Å². The molecule has 0 spiro atoms. The monoisotopic (exact) mass is 238 g/mol. The van der Waals surface area contributed by atoms with Gasteiger partial charge in [-0.2, -0.15) is 0 Å². The SMILES string of the molecule is C=CC(C)(C)[C@H](C=C(C)C)OC(=O)C(C)CC. The van der Waals surface area contributed by atoms with Gasteiger partial charge >= 0.3 is 5.97 Å². The van der Waals surface area contributed by atoms with E-state index in [0.29, 0.717) is 0 Å². The maximum atomic E-state index is 11.8. The molecule has 0 aliphatic heterocycles. The number of carbonyl (C=O) groups excluding carboxylic acids is 1. The third kappa shape index (κ3) is 5.20. The molecular weight excluding hydrogens is 212 g/mol. The second-order valence-corrected chi connectivity index (χ2v) is 5.44. The Hall–Kier alpha value is -1.05. The zero-order chi connectivity index (χ0) is 13.6. The van der Waals surface area contributed by atoms with Gasteiger partial charge in [-0.3, -0.25) is 4.79 Å². The lowest BCUT2D eigenvalue weighted by atomic mass is 9.85. The summed E-state index contributed by atoms with van der Waals surface area (Å²) in [7, 11) is 0. The molecule has 0 fully saturated rings. The summed E-state index contributed by atoms with van der Waals surface area (Å²) in [5.41, 5.74) is 0.891. The van der Waals surface area contributed by atoms with Crippen LogP contribution in [0.15, 0.2) is 24.3 Å². The average molecular weight is 238 g/mol. The molecule has 0 amide bonds. The molecular formula is C15H26O2.